The van der Waals surface area contributed by atoms with Crippen LogP contribution in [-0.4, -0.2) is 25.2 Å². The number of amides is 2. The average Bonchev–Trinajstić information content (AvgIpc) is 3.11. The molecule has 2 amide bonds. The zero-order valence-electron chi connectivity index (χ0n) is 17.7. The number of aldehydes is 1. The van der Waals surface area contributed by atoms with Crippen molar-refractivity contribution in [3.8, 4) is 5.75 Å². The van der Waals surface area contributed by atoms with E-state index < -0.39 is 22.7 Å². The number of hydrogen-bond acceptors (Lipinski definition) is 4. The molecule has 2 bridgehead atoms. The molecule has 1 aliphatic heterocycles. The number of ether oxygens (including phenoxy) is 1. The van der Waals surface area contributed by atoms with Gasteiger partial charge in [-0.15, -0.1) is 0 Å². The van der Waals surface area contributed by atoms with E-state index in [1.807, 2.05) is 55.5 Å². The summed E-state index contributed by atoms with van der Waals surface area (Å²) in [5.41, 5.74) is 2.09. The van der Waals surface area contributed by atoms with Crippen LogP contribution in [0.15, 0.2) is 72.8 Å². The van der Waals surface area contributed by atoms with Crippen LogP contribution < -0.4 is 9.64 Å². The lowest BCUT2D eigenvalue weighted by atomic mass is 9.42. The van der Waals surface area contributed by atoms with Crippen molar-refractivity contribution >= 4 is 23.8 Å². The van der Waals surface area contributed by atoms with Crippen LogP contribution in [-0.2, 0) is 25.2 Å². The van der Waals surface area contributed by atoms with E-state index >= 15 is 0 Å². The largest absolute Gasteiger partial charge is 0.497 e. The molecular weight excluding hydrogens is 402 g/mol. The third-order valence-corrected chi connectivity index (χ3v) is 7.78. The van der Waals surface area contributed by atoms with Crippen molar-refractivity contribution < 1.29 is 19.1 Å². The molecule has 1 heterocycles. The highest BCUT2D eigenvalue weighted by molar-refractivity contribution is 6.25. The van der Waals surface area contributed by atoms with E-state index in [2.05, 4.69) is 0 Å². The Balaban J connectivity index is 1.67. The minimum absolute atomic E-state index is 0.272. The number of methoxy groups -OCH3 is 1. The first-order valence-electron chi connectivity index (χ1n) is 10.7. The summed E-state index contributed by atoms with van der Waals surface area (Å²) < 4.78 is 5.31. The van der Waals surface area contributed by atoms with Crippen LogP contribution in [0.1, 0.15) is 29.2 Å². The number of nitrogens with zero attached hydrogens (tertiary/aromatic N) is 1. The second-order valence-corrected chi connectivity index (χ2v) is 8.95. The normalized spacial score (nSPS) is 29.4. The first-order chi connectivity index (χ1) is 15.5. The first-order valence-corrected chi connectivity index (χ1v) is 10.7. The summed E-state index contributed by atoms with van der Waals surface area (Å²) in [6.45, 7) is 2.04. The fourth-order valence-corrected chi connectivity index (χ4v) is 6.47. The molecule has 5 nitrogen and oxygen atoms in total. The predicted octanol–water partition coefficient (Wildman–Crippen LogP) is 3.62. The van der Waals surface area contributed by atoms with E-state index in [0.717, 1.165) is 28.5 Å². The lowest BCUT2D eigenvalue weighted by molar-refractivity contribution is -0.129. The summed E-state index contributed by atoms with van der Waals surface area (Å²) in [6.07, 6.45) is 0.890. The first kappa shape index (κ1) is 19.0. The maximum Gasteiger partial charge on any atom is 0.239 e. The monoisotopic (exact) mass is 423 g/mol. The Morgan fingerprint density at radius 1 is 0.812 bits per heavy atom. The zero-order chi connectivity index (χ0) is 22.3. The summed E-state index contributed by atoms with van der Waals surface area (Å²) in [5, 5.41) is 0. The van der Waals surface area contributed by atoms with E-state index in [9.17, 15) is 14.4 Å². The minimum atomic E-state index is -1.20. The Bertz CT molecular complexity index is 1280. The van der Waals surface area contributed by atoms with Crippen LogP contribution in [0.3, 0.4) is 0 Å². The Labute approximate surface area is 185 Å². The standard InChI is InChI=1S/C27H21NO4/c1-26-18-10-3-5-12-20(18)27(15-29,21-13-6-4-11-19(21)26)23-22(26)24(30)28(25(23)31)16-8-7-9-17(14-16)32-2/h3-15,22-23H,1-2H3/t22-,23-,26?,27?/m0/s1. The number of rotatable bonds is 3. The van der Waals surface area contributed by atoms with Gasteiger partial charge in [0.15, 0.2) is 0 Å². The second-order valence-electron chi connectivity index (χ2n) is 8.95. The maximum atomic E-state index is 14.0. The fourth-order valence-electron chi connectivity index (χ4n) is 6.47. The topological polar surface area (TPSA) is 63.7 Å². The van der Waals surface area contributed by atoms with Crippen molar-refractivity contribution in [2.24, 2.45) is 11.8 Å². The van der Waals surface area contributed by atoms with Gasteiger partial charge in [-0.25, -0.2) is 4.90 Å². The minimum Gasteiger partial charge on any atom is -0.497 e. The van der Waals surface area contributed by atoms with Crippen LogP contribution in [0.25, 0.3) is 0 Å². The van der Waals surface area contributed by atoms with E-state index in [1.165, 1.54) is 4.90 Å². The smallest absolute Gasteiger partial charge is 0.239 e. The van der Waals surface area contributed by atoms with Crippen LogP contribution in [0.4, 0.5) is 5.69 Å². The molecule has 0 unspecified atom stereocenters. The molecule has 3 aromatic carbocycles. The number of benzene rings is 3. The molecule has 32 heavy (non-hydrogen) atoms. The van der Waals surface area contributed by atoms with Crippen molar-refractivity contribution in [3.05, 3.63) is 95.1 Å². The molecule has 0 spiro atoms. The van der Waals surface area contributed by atoms with E-state index in [-0.39, 0.29) is 11.8 Å². The molecule has 7 rings (SSSR count). The SMILES string of the molecule is COc1cccc(N2C(=O)[C@@H]3[C@@H](C2=O)C2(C=O)c4ccccc4C3(C)c3ccccc32)c1. The Morgan fingerprint density at radius 2 is 1.38 bits per heavy atom. The van der Waals surface area contributed by atoms with Gasteiger partial charge < -0.3 is 9.53 Å². The van der Waals surface area contributed by atoms with Gasteiger partial charge in [0.2, 0.25) is 11.8 Å². The third-order valence-electron chi connectivity index (χ3n) is 7.78. The summed E-state index contributed by atoms with van der Waals surface area (Å²) in [6, 6.07) is 22.4. The lowest BCUT2D eigenvalue weighted by Crippen LogP contribution is -2.61. The van der Waals surface area contributed by atoms with Gasteiger partial charge in [-0.1, -0.05) is 61.5 Å². The van der Waals surface area contributed by atoms with Crippen molar-refractivity contribution in [2.45, 2.75) is 17.8 Å². The van der Waals surface area contributed by atoms with Crippen LogP contribution >= 0.6 is 0 Å². The van der Waals surface area contributed by atoms with Crippen molar-refractivity contribution in [1.29, 1.82) is 0 Å². The summed E-state index contributed by atoms with van der Waals surface area (Å²) in [7, 11) is 1.54. The highest BCUT2D eigenvalue weighted by Gasteiger charge is 2.72. The number of carbonyl (C=O) groups is 3. The third kappa shape index (κ3) is 1.93. The van der Waals surface area contributed by atoms with Gasteiger partial charge in [-0.2, -0.15) is 0 Å². The molecular formula is C27H21NO4. The van der Waals surface area contributed by atoms with Crippen molar-refractivity contribution in [3.63, 3.8) is 0 Å². The molecule has 3 aromatic rings. The Kier molecular flexibility index (Phi) is 3.66. The molecule has 0 N–H and O–H groups in total. The zero-order valence-corrected chi connectivity index (χ0v) is 17.7. The second kappa shape index (κ2) is 6.16. The molecule has 0 radical (unpaired) electrons. The van der Waals surface area contributed by atoms with Gasteiger partial charge in [-0.05, 0) is 34.4 Å². The molecule has 3 aliphatic carbocycles. The molecule has 1 fully saturated rings. The fraction of sp³-hybridized carbons (Fsp3) is 0.222. The van der Waals surface area contributed by atoms with Crippen LogP contribution in [0.2, 0.25) is 0 Å². The summed E-state index contributed by atoms with van der Waals surface area (Å²) in [5.74, 6) is -1.52. The van der Waals surface area contributed by atoms with Crippen molar-refractivity contribution in [1.82, 2.24) is 0 Å². The van der Waals surface area contributed by atoms with Crippen LogP contribution in [0, 0.1) is 11.8 Å². The van der Waals surface area contributed by atoms with Gasteiger partial charge in [0.1, 0.15) is 12.0 Å². The summed E-state index contributed by atoms with van der Waals surface area (Å²) in [4.78, 5) is 42.2. The predicted molar refractivity (Wildman–Crippen MR) is 119 cm³/mol. The Hall–Kier alpha value is -3.73. The molecule has 4 aliphatic rings. The number of anilines is 1. The maximum absolute atomic E-state index is 14.0. The van der Waals surface area contributed by atoms with E-state index in [1.54, 1.807) is 31.4 Å². The summed E-state index contributed by atoms with van der Waals surface area (Å²) >= 11 is 0. The highest BCUT2D eigenvalue weighted by atomic mass is 16.5. The van der Waals surface area contributed by atoms with E-state index in [4.69, 9.17) is 4.74 Å². The van der Waals surface area contributed by atoms with Gasteiger partial charge in [0.05, 0.1) is 30.0 Å². The van der Waals surface area contributed by atoms with Crippen LogP contribution in [0.5, 0.6) is 5.75 Å². The van der Waals surface area contributed by atoms with Gasteiger partial charge in [0.25, 0.3) is 0 Å². The average molecular weight is 423 g/mol. The molecule has 0 saturated carbocycles. The molecule has 2 atom stereocenters. The highest BCUT2D eigenvalue weighted by Crippen LogP contribution is 2.66. The molecule has 5 heteroatoms. The molecule has 158 valence electrons. The lowest BCUT2D eigenvalue weighted by Gasteiger charge is -2.56. The number of carbonyl (C=O) groups excluding carboxylic acids is 3. The molecule has 0 aromatic heterocycles. The van der Waals surface area contributed by atoms with Gasteiger partial charge >= 0.3 is 0 Å². The number of imide groups is 1. The molecule has 1 saturated heterocycles. The van der Waals surface area contributed by atoms with Gasteiger partial charge in [0, 0.05) is 11.5 Å². The quantitative estimate of drug-likeness (QED) is 0.477. The van der Waals surface area contributed by atoms with E-state index in [0.29, 0.717) is 11.4 Å². The Morgan fingerprint density at radius 3 is 1.94 bits per heavy atom. The van der Waals surface area contributed by atoms with Gasteiger partial charge in [-0.3, -0.25) is 9.59 Å². The number of hydrogen-bond donors (Lipinski definition) is 0. The van der Waals surface area contributed by atoms with Crippen molar-refractivity contribution in [2.75, 3.05) is 12.0 Å².